The molecule has 1 aromatic heterocycles. The summed E-state index contributed by atoms with van der Waals surface area (Å²) in [5.74, 6) is 0. The first-order chi connectivity index (χ1) is 9.05. The Balaban J connectivity index is 1.82. The van der Waals surface area contributed by atoms with Crippen LogP contribution in [-0.2, 0) is 6.54 Å². The van der Waals surface area contributed by atoms with Crippen LogP contribution in [0.1, 0.15) is 51.5 Å². The highest BCUT2D eigenvalue weighted by Crippen LogP contribution is 2.49. The van der Waals surface area contributed by atoms with E-state index < -0.39 is 0 Å². The first kappa shape index (κ1) is 13.6. The Hall–Kier alpha value is -0.380. The molecule has 2 N–H and O–H groups in total. The topological polar surface area (TPSA) is 29.3 Å². The van der Waals surface area contributed by atoms with Crippen LogP contribution in [0.15, 0.2) is 16.8 Å². The molecule has 0 amide bonds. The van der Waals surface area contributed by atoms with Crippen LogP contribution >= 0.6 is 11.3 Å². The minimum atomic E-state index is 0.257. The van der Waals surface area contributed by atoms with Gasteiger partial charge in [-0.25, -0.2) is 0 Å². The van der Waals surface area contributed by atoms with E-state index in [1.165, 1.54) is 37.7 Å². The molecule has 2 nitrogen and oxygen atoms in total. The third-order valence-electron chi connectivity index (χ3n) is 4.98. The van der Waals surface area contributed by atoms with Crippen molar-refractivity contribution >= 4 is 11.3 Å². The highest BCUT2D eigenvalue weighted by molar-refractivity contribution is 7.07. The molecule has 3 heteroatoms. The van der Waals surface area contributed by atoms with Crippen molar-refractivity contribution in [1.29, 1.82) is 0 Å². The molecule has 0 aliphatic heterocycles. The summed E-state index contributed by atoms with van der Waals surface area (Å²) in [6.45, 7) is 6.72. The number of nitrogens with two attached hydrogens (primary N) is 1. The first-order valence-electron chi connectivity index (χ1n) is 7.53. The first-order valence-corrected chi connectivity index (χ1v) is 8.47. The summed E-state index contributed by atoms with van der Waals surface area (Å²) in [5.41, 5.74) is 8.43. The average Bonchev–Trinajstić information content (AvgIpc) is 2.98. The molecular weight excluding hydrogens is 252 g/mol. The molecule has 1 atom stereocenters. The third kappa shape index (κ3) is 2.74. The monoisotopic (exact) mass is 278 g/mol. The van der Waals surface area contributed by atoms with Crippen LogP contribution < -0.4 is 5.73 Å². The van der Waals surface area contributed by atoms with Gasteiger partial charge in [0.15, 0.2) is 0 Å². The molecule has 0 aromatic carbocycles. The van der Waals surface area contributed by atoms with Gasteiger partial charge in [-0.3, -0.25) is 4.90 Å². The molecule has 3 rings (SSSR count). The zero-order valence-electron chi connectivity index (χ0n) is 12.2. The number of hydrogen-bond acceptors (Lipinski definition) is 3. The molecule has 0 saturated heterocycles. The van der Waals surface area contributed by atoms with Crippen molar-refractivity contribution in [2.45, 2.75) is 64.1 Å². The maximum Gasteiger partial charge on any atom is 0.0343 e. The Labute approximate surface area is 121 Å². The van der Waals surface area contributed by atoms with E-state index in [0.29, 0.717) is 5.41 Å². The average molecular weight is 278 g/mol. The molecule has 0 spiro atoms. The van der Waals surface area contributed by atoms with E-state index in [1.807, 2.05) is 0 Å². The molecule has 1 aromatic rings. The summed E-state index contributed by atoms with van der Waals surface area (Å²) in [5, 5.41) is 4.48. The number of hydrogen-bond donors (Lipinski definition) is 1. The molecule has 1 heterocycles. The fourth-order valence-electron chi connectivity index (χ4n) is 3.82. The summed E-state index contributed by atoms with van der Waals surface area (Å²) in [6, 6.07) is 3.06. The Kier molecular flexibility index (Phi) is 3.48. The van der Waals surface area contributed by atoms with E-state index in [-0.39, 0.29) is 5.54 Å². The van der Waals surface area contributed by atoms with Gasteiger partial charge in [0.05, 0.1) is 0 Å². The van der Waals surface area contributed by atoms with Gasteiger partial charge < -0.3 is 5.73 Å². The van der Waals surface area contributed by atoms with E-state index >= 15 is 0 Å². The van der Waals surface area contributed by atoms with Crippen molar-refractivity contribution in [1.82, 2.24) is 4.90 Å². The smallest absolute Gasteiger partial charge is 0.0343 e. The molecule has 0 radical (unpaired) electrons. The SMILES string of the molecule is CC1(C)CCC(CN)(N(Cc2ccsc2)C2CC2)C1. The Morgan fingerprint density at radius 2 is 2.16 bits per heavy atom. The predicted molar refractivity (Wildman–Crippen MR) is 82.3 cm³/mol. The minimum absolute atomic E-state index is 0.257. The van der Waals surface area contributed by atoms with Crippen molar-refractivity contribution in [3.8, 4) is 0 Å². The zero-order chi connectivity index (χ0) is 13.5. The molecule has 2 aliphatic rings. The van der Waals surface area contributed by atoms with Gasteiger partial charge in [0.1, 0.15) is 0 Å². The van der Waals surface area contributed by atoms with Crippen LogP contribution in [-0.4, -0.2) is 23.0 Å². The van der Waals surface area contributed by atoms with Crippen LogP contribution in [0.5, 0.6) is 0 Å². The van der Waals surface area contributed by atoms with Gasteiger partial charge in [0.25, 0.3) is 0 Å². The van der Waals surface area contributed by atoms with Crippen molar-refractivity contribution < 1.29 is 0 Å². The van der Waals surface area contributed by atoms with E-state index in [0.717, 1.165) is 19.1 Å². The summed E-state index contributed by atoms with van der Waals surface area (Å²) < 4.78 is 0. The molecule has 2 saturated carbocycles. The molecule has 2 aliphatic carbocycles. The lowest BCUT2D eigenvalue weighted by Crippen LogP contribution is -2.53. The second-order valence-electron chi connectivity index (χ2n) is 7.26. The quantitative estimate of drug-likeness (QED) is 0.891. The maximum atomic E-state index is 6.25. The van der Waals surface area contributed by atoms with E-state index in [2.05, 4.69) is 35.6 Å². The van der Waals surface area contributed by atoms with Crippen LogP contribution in [0.25, 0.3) is 0 Å². The van der Waals surface area contributed by atoms with Crippen LogP contribution in [0, 0.1) is 5.41 Å². The molecule has 19 heavy (non-hydrogen) atoms. The predicted octanol–water partition coefficient (Wildman–Crippen LogP) is 3.62. The highest BCUT2D eigenvalue weighted by atomic mass is 32.1. The molecule has 1 unspecified atom stereocenters. The molecular formula is C16H26N2S. The fraction of sp³-hybridized carbons (Fsp3) is 0.750. The zero-order valence-corrected chi connectivity index (χ0v) is 13.0. The summed E-state index contributed by atoms with van der Waals surface area (Å²) in [4.78, 5) is 2.75. The van der Waals surface area contributed by atoms with Crippen LogP contribution in [0.2, 0.25) is 0 Å². The lowest BCUT2D eigenvalue weighted by molar-refractivity contribution is 0.0718. The largest absolute Gasteiger partial charge is 0.329 e. The molecule has 106 valence electrons. The number of nitrogens with zero attached hydrogens (tertiary/aromatic N) is 1. The Bertz CT molecular complexity index is 422. The Morgan fingerprint density at radius 1 is 1.37 bits per heavy atom. The van der Waals surface area contributed by atoms with E-state index in [4.69, 9.17) is 5.73 Å². The van der Waals surface area contributed by atoms with Gasteiger partial charge in [0.2, 0.25) is 0 Å². The summed E-state index contributed by atoms with van der Waals surface area (Å²) in [6.07, 6.45) is 6.59. The molecule has 2 fully saturated rings. The molecule has 0 bridgehead atoms. The summed E-state index contributed by atoms with van der Waals surface area (Å²) >= 11 is 1.80. The fourth-order valence-corrected chi connectivity index (χ4v) is 4.48. The van der Waals surface area contributed by atoms with E-state index in [1.54, 1.807) is 11.3 Å². The second-order valence-corrected chi connectivity index (χ2v) is 8.04. The number of rotatable bonds is 5. The van der Waals surface area contributed by atoms with E-state index in [9.17, 15) is 0 Å². The van der Waals surface area contributed by atoms with Gasteiger partial charge in [-0.1, -0.05) is 13.8 Å². The van der Waals surface area contributed by atoms with Crippen LogP contribution in [0.4, 0.5) is 0 Å². The van der Waals surface area contributed by atoms with Gasteiger partial charge in [0, 0.05) is 24.7 Å². The third-order valence-corrected chi connectivity index (χ3v) is 5.72. The van der Waals surface area contributed by atoms with Crippen molar-refractivity contribution in [2.24, 2.45) is 11.1 Å². The van der Waals surface area contributed by atoms with Crippen molar-refractivity contribution in [3.05, 3.63) is 22.4 Å². The summed E-state index contributed by atoms with van der Waals surface area (Å²) in [7, 11) is 0. The van der Waals surface area contributed by atoms with Gasteiger partial charge in [-0.2, -0.15) is 11.3 Å². The van der Waals surface area contributed by atoms with Crippen LogP contribution in [0.3, 0.4) is 0 Å². The van der Waals surface area contributed by atoms with Gasteiger partial charge >= 0.3 is 0 Å². The maximum absolute atomic E-state index is 6.25. The normalized spacial score (nSPS) is 30.1. The van der Waals surface area contributed by atoms with Gasteiger partial charge in [-0.05, 0) is 59.9 Å². The lowest BCUT2D eigenvalue weighted by atomic mass is 9.86. The van der Waals surface area contributed by atoms with Crippen molar-refractivity contribution in [3.63, 3.8) is 0 Å². The standard InChI is InChI=1S/C16H26N2S/c1-15(2)6-7-16(11-15,12-17)18(14-3-4-14)9-13-5-8-19-10-13/h5,8,10,14H,3-4,6-7,9,11-12,17H2,1-2H3. The Morgan fingerprint density at radius 3 is 2.63 bits per heavy atom. The highest BCUT2D eigenvalue weighted by Gasteiger charge is 2.50. The lowest BCUT2D eigenvalue weighted by Gasteiger charge is -2.42. The number of thiophene rings is 1. The minimum Gasteiger partial charge on any atom is -0.329 e. The van der Waals surface area contributed by atoms with Crippen molar-refractivity contribution in [2.75, 3.05) is 6.54 Å². The van der Waals surface area contributed by atoms with Gasteiger partial charge in [-0.15, -0.1) is 0 Å². The second kappa shape index (κ2) is 4.87.